The number of aliphatic hydroxyl groups excluding tert-OH is 2. The molecule has 2 aliphatic heterocycles. The highest BCUT2D eigenvalue weighted by Crippen LogP contribution is 2.53. The van der Waals surface area contributed by atoms with E-state index in [1.165, 1.54) is 11.8 Å². The van der Waals surface area contributed by atoms with Crippen molar-refractivity contribution in [2.75, 3.05) is 18.5 Å². The van der Waals surface area contributed by atoms with Crippen molar-refractivity contribution in [2.45, 2.75) is 75.9 Å². The zero-order chi connectivity index (χ0) is 25.6. The van der Waals surface area contributed by atoms with Crippen molar-refractivity contribution in [1.29, 1.82) is 5.26 Å². The second-order valence-corrected chi connectivity index (χ2v) is 11.5. The first-order valence-electron chi connectivity index (χ1n) is 12.7. The lowest BCUT2D eigenvalue weighted by Gasteiger charge is -2.43. The molecular formula is C28H34N4O4. The average Bonchev–Trinajstić information content (AvgIpc) is 3.47. The summed E-state index contributed by atoms with van der Waals surface area (Å²) in [5, 5.41) is 32.3. The first kappa shape index (κ1) is 24.7. The number of ether oxygens (including phenoxy) is 1. The number of anilines is 1. The normalized spacial score (nSPS) is 28.9. The lowest BCUT2D eigenvalue weighted by atomic mass is 9.75. The predicted molar refractivity (Wildman–Crippen MR) is 135 cm³/mol. The van der Waals surface area contributed by atoms with Crippen molar-refractivity contribution in [3.05, 3.63) is 53.1 Å². The molecular weight excluding hydrogens is 456 g/mol. The Morgan fingerprint density at radius 1 is 1.22 bits per heavy atom. The summed E-state index contributed by atoms with van der Waals surface area (Å²) in [6.07, 6.45) is 9.44. The Balaban J connectivity index is 1.49. The van der Waals surface area contributed by atoms with Crippen LogP contribution >= 0.6 is 0 Å². The minimum Gasteiger partial charge on any atom is -0.393 e. The van der Waals surface area contributed by atoms with Gasteiger partial charge < -0.3 is 25.3 Å². The van der Waals surface area contributed by atoms with E-state index >= 15 is 0 Å². The summed E-state index contributed by atoms with van der Waals surface area (Å²) in [5.74, 6) is -0.172. The molecule has 3 heterocycles. The van der Waals surface area contributed by atoms with Crippen molar-refractivity contribution in [2.24, 2.45) is 5.41 Å². The van der Waals surface area contributed by atoms with E-state index in [1.807, 2.05) is 18.2 Å². The largest absolute Gasteiger partial charge is 0.393 e. The van der Waals surface area contributed by atoms with Crippen LogP contribution in [0.2, 0.25) is 0 Å². The van der Waals surface area contributed by atoms with Gasteiger partial charge in [0.05, 0.1) is 30.6 Å². The quantitative estimate of drug-likeness (QED) is 0.478. The van der Waals surface area contributed by atoms with Gasteiger partial charge in [-0.3, -0.25) is 4.79 Å². The second kappa shape index (κ2) is 9.15. The number of allylic oxidation sites excluding steroid dienone is 2. The number of fused-ring (bicyclic) bond motifs is 2. The molecule has 1 aromatic heterocycles. The highest BCUT2D eigenvalue weighted by Gasteiger charge is 2.55. The lowest BCUT2D eigenvalue weighted by Crippen LogP contribution is -2.47. The van der Waals surface area contributed by atoms with Gasteiger partial charge in [0, 0.05) is 11.3 Å². The van der Waals surface area contributed by atoms with Gasteiger partial charge in [-0.05, 0) is 79.5 Å². The van der Waals surface area contributed by atoms with Crippen LogP contribution in [0.4, 0.5) is 5.69 Å². The summed E-state index contributed by atoms with van der Waals surface area (Å²) in [7, 11) is 0. The van der Waals surface area contributed by atoms with Crippen LogP contribution in [0.15, 0.2) is 30.5 Å². The number of aromatic amines is 1. The number of carbonyl (C=O) groups is 1. The molecule has 36 heavy (non-hydrogen) atoms. The molecule has 1 aliphatic carbocycles. The smallest absolute Gasteiger partial charge is 0.291 e. The molecule has 1 aromatic carbocycles. The summed E-state index contributed by atoms with van der Waals surface area (Å²) in [6.45, 7) is 4.42. The van der Waals surface area contributed by atoms with Gasteiger partial charge in [-0.1, -0.05) is 26.0 Å². The highest BCUT2D eigenvalue weighted by atomic mass is 16.6. The van der Waals surface area contributed by atoms with Gasteiger partial charge >= 0.3 is 0 Å². The molecule has 3 aliphatic rings. The van der Waals surface area contributed by atoms with Crippen molar-refractivity contribution < 1.29 is 19.7 Å². The van der Waals surface area contributed by atoms with E-state index in [0.717, 1.165) is 43.2 Å². The monoisotopic (exact) mass is 490 g/mol. The first-order valence-corrected chi connectivity index (χ1v) is 12.7. The lowest BCUT2D eigenvalue weighted by molar-refractivity contribution is -0.177. The molecule has 0 spiro atoms. The Morgan fingerprint density at radius 3 is 2.53 bits per heavy atom. The van der Waals surface area contributed by atoms with Crippen LogP contribution in [0.3, 0.4) is 0 Å². The Hall–Kier alpha value is -2.99. The Labute approximate surface area is 211 Å². The van der Waals surface area contributed by atoms with Crippen LogP contribution in [0.5, 0.6) is 0 Å². The summed E-state index contributed by atoms with van der Waals surface area (Å²) in [5.41, 5.74) is 3.28. The molecule has 2 bridgehead atoms. The minimum atomic E-state index is -0.607. The van der Waals surface area contributed by atoms with Crippen LogP contribution in [-0.4, -0.2) is 50.5 Å². The van der Waals surface area contributed by atoms with E-state index in [1.54, 1.807) is 0 Å². The van der Waals surface area contributed by atoms with Crippen molar-refractivity contribution >= 4 is 17.2 Å². The van der Waals surface area contributed by atoms with Gasteiger partial charge in [0.1, 0.15) is 11.8 Å². The number of hydrogen-bond acceptors (Lipinski definition) is 6. The minimum absolute atomic E-state index is 0.0552. The van der Waals surface area contributed by atoms with Gasteiger partial charge in [0.25, 0.3) is 5.91 Å². The number of aliphatic hydroxyl groups is 2. The van der Waals surface area contributed by atoms with Gasteiger partial charge in [-0.25, -0.2) is 4.98 Å². The molecule has 8 nitrogen and oxygen atoms in total. The van der Waals surface area contributed by atoms with Crippen LogP contribution in [0.25, 0.3) is 5.57 Å². The fraction of sp³-hybridized carbons (Fsp3) is 0.536. The highest BCUT2D eigenvalue weighted by molar-refractivity contribution is 6.03. The van der Waals surface area contributed by atoms with Gasteiger partial charge in [0.15, 0.2) is 5.82 Å². The fourth-order valence-corrected chi connectivity index (χ4v) is 6.05. The third-order valence-corrected chi connectivity index (χ3v) is 8.28. The van der Waals surface area contributed by atoms with E-state index in [-0.39, 0.29) is 36.1 Å². The molecule has 2 aromatic rings. The Kier molecular flexibility index (Phi) is 6.27. The van der Waals surface area contributed by atoms with Gasteiger partial charge in [0.2, 0.25) is 0 Å². The Morgan fingerprint density at radius 2 is 1.94 bits per heavy atom. The van der Waals surface area contributed by atoms with E-state index in [0.29, 0.717) is 18.5 Å². The second-order valence-electron chi connectivity index (χ2n) is 11.5. The number of amides is 1. The van der Waals surface area contributed by atoms with Gasteiger partial charge in [-0.15, -0.1) is 0 Å². The van der Waals surface area contributed by atoms with Crippen molar-refractivity contribution in [3.63, 3.8) is 0 Å². The number of nitriles is 1. The summed E-state index contributed by atoms with van der Waals surface area (Å²) < 4.78 is 6.23. The predicted octanol–water partition coefficient (Wildman–Crippen LogP) is 4.28. The molecule has 5 rings (SSSR count). The van der Waals surface area contributed by atoms with E-state index in [2.05, 4.69) is 41.3 Å². The number of nitrogens with one attached hydrogen (secondary N) is 2. The molecule has 190 valence electrons. The fourth-order valence-electron chi connectivity index (χ4n) is 6.05. The number of aromatic nitrogens is 2. The van der Waals surface area contributed by atoms with Crippen molar-refractivity contribution in [3.8, 4) is 6.07 Å². The summed E-state index contributed by atoms with van der Waals surface area (Å²) >= 11 is 0. The molecule has 2 saturated heterocycles. The van der Waals surface area contributed by atoms with Crippen LogP contribution in [0.1, 0.15) is 92.2 Å². The zero-order valence-electron chi connectivity index (χ0n) is 20.9. The summed E-state index contributed by atoms with van der Waals surface area (Å²) in [4.78, 5) is 19.7. The average molecular weight is 491 g/mol. The van der Waals surface area contributed by atoms with Crippen LogP contribution < -0.4 is 5.32 Å². The Bertz CT molecular complexity index is 1220. The maximum atomic E-state index is 12.9. The summed E-state index contributed by atoms with van der Waals surface area (Å²) in [6, 6.07) is 8.08. The SMILES string of the molecule is CC1(C)CC=C(c2cc(C3C[C@]4(CO)CC[C@@](CO)(C3)O4)ccc2NC(=O)c2ncc(C#N)[nH]2)CC1. The van der Waals surface area contributed by atoms with Crippen LogP contribution in [0, 0.1) is 16.7 Å². The van der Waals surface area contributed by atoms with E-state index in [4.69, 9.17) is 10.00 Å². The number of H-pyrrole nitrogens is 1. The number of hydrogen-bond donors (Lipinski definition) is 4. The third-order valence-electron chi connectivity index (χ3n) is 8.28. The van der Waals surface area contributed by atoms with Crippen LogP contribution in [-0.2, 0) is 4.74 Å². The third kappa shape index (κ3) is 4.59. The number of benzene rings is 1. The standard InChI is InChI=1S/C28H34N4O4/c1-26(2)7-5-18(6-8-26)22-11-19(20-12-27(16-33)9-10-28(13-20,17-34)36-27)3-4-23(22)32-25(35)24-30-15-21(14-29)31-24/h3-5,11,15,20,33-34H,6-10,12-13,16-17H2,1-2H3,(H,30,31)(H,32,35)/t27-,28-/m0/s1. The number of imidazole rings is 1. The maximum absolute atomic E-state index is 12.9. The molecule has 8 heteroatoms. The van der Waals surface area contributed by atoms with E-state index in [9.17, 15) is 15.0 Å². The van der Waals surface area contributed by atoms with Crippen molar-refractivity contribution in [1.82, 2.24) is 9.97 Å². The molecule has 0 unspecified atom stereocenters. The molecule has 0 radical (unpaired) electrons. The van der Waals surface area contributed by atoms with E-state index < -0.39 is 17.1 Å². The molecule has 4 N–H and O–H groups in total. The molecule has 0 saturated carbocycles. The van der Waals surface area contributed by atoms with Gasteiger partial charge in [-0.2, -0.15) is 5.26 Å². The topological polar surface area (TPSA) is 131 Å². The first-order chi connectivity index (χ1) is 17.2. The molecule has 2 fully saturated rings. The molecule has 2 atom stereocenters. The number of nitrogens with zero attached hydrogens (tertiary/aromatic N) is 2. The zero-order valence-corrected chi connectivity index (χ0v) is 20.9. The maximum Gasteiger partial charge on any atom is 0.291 e. The number of rotatable bonds is 6. The number of carbonyl (C=O) groups excluding carboxylic acids is 1. The molecule has 1 amide bonds.